The summed E-state index contributed by atoms with van der Waals surface area (Å²) in [5.74, 6) is 0. The molecule has 0 aromatic rings. The molecular formula is C22H45N. The second-order valence-electron chi connectivity index (χ2n) is 6.62. The molecule has 0 aromatic heterocycles. The molecule has 0 unspecified atom stereocenters. The number of allylic oxidation sites excluding steroid dienone is 1. The summed E-state index contributed by atoms with van der Waals surface area (Å²) in [6.07, 6.45) is 27.7. The topological polar surface area (TPSA) is 26.0 Å². The molecule has 1 fully saturated rings. The molecule has 23 heavy (non-hydrogen) atoms. The number of hydrogen-bond donors (Lipinski definition) is 1. The van der Waals surface area contributed by atoms with Gasteiger partial charge in [-0.25, -0.2) is 0 Å². The van der Waals surface area contributed by atoms with Gasteiger partial charge < -0.3 is 5.73 Å². The minimum Gasteiger partial charge on any atom is -0.405 e. The van der Waals surface area contributed by atoms with E-state index in [1.807, 2.05) is 6.08 Å². The molecular weight excluding hydrogens is 278 g/mol. The van der Waals surface area contributed by atoms with Gasteiger partial charge in [0.1, 0.15) is 0 Å². The predicted molar refractivity (Wildman–Crippen MR) is 109 cm³/mol. The Labute approximate surface area is 147 Å². The third-order valence-electron chi connectivity index (χ3n) is 4.26. The van der Waals surface area contributed by atoms with Crippen LogP contribution in [0.2, 0.25) is 0 Å². The Morgan fingerprint density at radius 1 is 0.652 bits per heavy atom. The molecule has 2 N–H and O–H groups in total. The molecule has 0 amide bonds. The first-order valence-electron chi connectivity index (χ1n) is 10.3. The van der Waals surface area contributed by atoms with Gasteiger partial charge in [0, 0.05) is 0 Å². The van der Waals surface area contributed by atoms with Gasteiger partial charge in [0.15, 0.2) is 0 Å². The first kappa shape index (κ1) is 24.5. The van der Waals surface area contributed by atoms with E-state index in [1.165, 1.54) is 115 Å². The second kappa shape index (κ2) is 26.2. The number of hydrogen-bond acceptors (Lipinski definition) is 1. The van der Waals surface area contributed by atoms with Crippen LogP contribution in [0.4, 0.5) is 0 Å². The third-order valence-corrected chi connectivity index (χ3v) is 4.26. The van der Waals surface area contributed by atoms with E-state index in [0.717, 1.165) is 0 Å². The Balaban J connectivity index is 0. The summed E-state index contributed by atoms with van der Waals surface area (Å²) in [7, 11) is 0. The van der Waals surface area contributed by atoms with Crippen molar-refractivity contribution in [2.24, 2.45) is 5.73 Å². The smallest absolute Gasteiger partial charge is 0.0136 e. The van der Waals surface area contributed by atoms with Crippen molar-refractivity contribution in [3.63, 3.8) is 0 Å². The standard InChI is InChI=1S/C16H32.C4H8.C2H5N/c1-3-5-7-9-11-13-15-16-14-12-10-8-6-4-2;1-2-4-3-1;1-2-3/h3H,1,4-16H2,2H3;1-4H2;2H,1,3H2. The maximum atomic E-state index is 4.61. The number of rotatable bonds is 13. The van der Waals surface area contributed by atoms with E-state index in [4.69, 9.17) is 0 Å². The Bertz CT molecular complexity index is 202. The molecule has 1 heteroatoms. The van der Waals surface area contributed by atoms with Gasteiger partial charge in [-0.3, -0.25) is 0 Å². The monoisotopic (exact) mass is 323 g/mol. The van der Waals surface area contributed by atoms with Crippen LogP contribution < -0.4 is 5.73 Å². The lowest BCUT2D eigenvalue weighted by molar-refractivity contribution is 0.504. The molecule has 0 saturated heterocycles. The normalized spacial score (nSPS) is 12.0. The predicted octanol–water partition coefficient (Wildman–Crippen LogP) is 7.91. The first-order chi connectivity index (χ1) is 11.3. The summed E-state index contributed by atoms with van der Waals surface area (Å²) in [5, 5.41) is 0. The lowest BCUT2D eigenvalue weighted by Crippen LogP contribution is -1.85. The van der Waals surface area contributed by atoms with E-state index in [1.54, 1.807) is 0 Å². The van der Waals surface area contributed by atoms with Crippen molar-refractivity contribution in [1.82, 2.24) is 0 Å². The lowest BCUT2D eigenvalue weighted by Gasteiger charge is -2.05. The summed E-state index contributed by atoms with van der Waals surface area (Å²) in [5.41, 5.74) is 4.61. The highest BCUT2D eigenvalue weighted by molar-refractivity contribution is 4.65. The van der Waals surface area contributed by atoms with Gasteiger partial charge in [-0.15, -0.1) is 6.58 Å². The molecule has 0 aromatic carbocycles. The molecule has 1 aliphatic carbocycles. The SMILES string of the molecule is C1CCC1.C=CCCCCCCCCCCCCCC.C=CN. The fourth-order valence-electron chi connectivity index (χ4n) is 2.38. The van der Waals surface area contributed by atoms with E-state index in [2.05, 4.69) is 25.8 Å². The summed E-state index contributed by atoms with van der Waals surface area (Å²) in [6, 6.07) is 0. The van der Waals surface area contributed by atoms with E-state index < -0.39 is 0 Å². The summed E-state index contributed by atoms with van der Waals surface area (Å²) >= 11 is 0. The quantitative estimate of drug-likeness (QED) is 0.270. The van der Waals surface area contributed by atoms with E-state index in [-0.39, 0.29) is 0 Å². The molecule has 138 valence electrons. The Hall–Kier alpha value is -0.720. The zero-order chi connectivity index (χ0) is 17.4. The van der Waals surface area contributed by atoms with Crippen LogP contribution in [0.1, 0.15) is 116 Å². The molecule has 1 nitrogen and oxygen atoms in total. The molecule has 0 spiro atoms. The minimum atomic E-state index is 1.21. The number of unbranched alkanes of at least 4 members (excludes halogenated alkanes) is 12. The van der Waals surface area contributed by atoms with Gasteiger partial charge >= 0.3 is 0 Å². The average Bonchev–Trinajstić information content (AvgIpc) is 2.48. The largest absolute Gasteiger partial charge is 0.405 e. The zero-order valence-corrected chi connectivity index (χ0v) is 16.2. The molecule has 0 radical (unpaired) electrons. The van der Waals surface area contributed by atoms with Gasteiger partial charge in [-0.2, -0.15) is 0 Å². The van der Waals surface area contributed by atoms with Gasteiger partial charge in [-0.05, 0) is 19.0 Å². The van der Waals surface area contributed by atoms with Crippen LogP contribution in [0.3, 0.4) is 0 Å². The van der Waals surface area contributed by atoms with Crippen LogP contribution in [-0.2, 0) is 0 Å². The Morgan fingerprint density at radius 3 is 1.22 bits per heavy atom. The molecule has 0 atom stereocenters. The van der Waals surface area contributed by atoms with E-state index in [9.17, 15) is 0 Å². The van der Waals surface area contributed by atoms with Crippen molar-refractivity contribution in [1.29, 1.82) is 0 Å². The van der Waals surface area contributed by atoms with Crippen LogP contribution in [0.5, 0.6) is 0 Å². The van der Waals surface area contributed by atoms with E-state index >= 15 is 0 Å². The van der Waals surface area contributed by atoms with Crippen LogP contribution in [0, 0.1) is 0 Å². The second-order valence-corrected chi connectivity index (χ2v) is 6.62. The highest BCUT2D eigenvalue weighted by Gasteiger charge is 1.95. The maximum Gasteiger partial charge on any atom is -0.0136 e. The zero-order valence-electron chi connectivity index (χ0n) is 16.2. The molecule has 0 aliphatic heterocycles. The van der Waals surface area contributed by atoms with Gasteiger partial charge in [0.25, 0.3) is 0 Å². The molecule has 1 rings (SSSR count). The van der Waals surface area contributed by atoms with Gasteiger partial charge in [0.2, 0.25) is 0 Å². The lowest BCUT2D eigenvalue weighted by atomic mass is 10.0. The maximum absolute atomic E-state index is 4.61. The summed E-state index contributed by atoms with van der Waals surface area (Å²) < 4.78 is 0. The Kier molecular flexibility index (Phi) is 27.9. The fourth-order valence-corrected chi connectivity index (χ4v) is 2.38. The van der Waals surface area contributed by atoms with E-state index in [0.29, 0.717) is 0 Å². The summed E-state index contributed by atoms with van der Waals surface area (Å²) in [6.45, 7) is 9.17. The van der Waals surface area contributed by atoms with Crippen LogP contribution >= 0.6 is 0 Å². The van der Waals surface area contributed by atoms with Crippen molar-refractivity contribution in [3.05, 3.63) is 25.4 Å². The van der Waals surface area contributed by atoms with Crippen molar-refractivity contribution in [2.75, 3.05) is 0 Å². The molecule has 1 aliphatic rings. The average molecular weight is 324 g/mol. The highest BCUT2D eigenvalue weighted by atomic mass is 14.5. The van der Waals surface area contributed by atoms with Crippen molar-refractivity contribution in [3.8, 4) is 0 Å². The third kappa shape index (κ3) is 29.8. The van der Waals surface area contributed by atoms with Crippen molar-refractivity contribution >= 4 is 0 Å². The minimum absolute atomic E-state index is 1.21. The van der Waals surface area contributed by atoms with Crippen molar-refractivity contribution in [2.45, 2.75) is 116 Å². The van der Waals surface area contributed by atoms with Crippen LogP contribution in [0.15, 0.2) is 25.4 Å². The van der Waals surface area contributed by atoms with Gasteiger partial charge in [-0.1, -0.05) is 116 Å². The fraction of sp³-hybridized carbons (Fsp3) is 0.818. The summed E-state index contributed by atoms with van der Waals surface area (Å²) in [4.78, 5) is 0. The van der Waals surface area contributed by atoms with Crippen molar-refractivity contribution < 1.29 is 0 Å². The first-order valence-corrected chi connectivity index (χ1v) is 10.3. The van der Waals surface area contributed by atoms with Gasteiger partial charge in [0.05, 0.1) is 0 Å². The van der Waals surface area contributed by atoms with Crippen LogP contribution in [-0.4, -0.2) is 0 Å². The highest BCUT2D eigenvalue weighted by Crippen LogP contribution is 2.15. The Morgan fingerprint density at radius 2 is 0.957 bits per heavy atom. The van der Waals surface area contributed by atoms with Crippen LogP contribution in [0.25, 0.3) is 0 Å². The molecule has 0 heterocycles. The molecule has 0 bridgehead atoms. The number of nitrogens with two attached hydrogens (primary N) is 1. The molecule has 1 saturated carbocycles.